The van der Waals surface area contributed by atoms with E-state index in [9.17, 15) is 5.11 Å². The van der Waals surface area contributed by atoms with E-state index in [-0.39, 0.29) is 0 Å². The van der Waals surface area contributed by atoms with Gasteiger partial charge in [-0.2, -0.15) is 0 Å². The molecule has 0 fully saturated rings. The van der Waals surface area contributed by atoms with Crippen LogP contribution in [0.15, 0.2) is 42.5 Å². The van der Waals surface area contributed by atoms with Crippen molar-refractivity contribution < 1.29 is 5.11 Å². The highest BCUT2D eigenvalue weighted by Crippen LogP contribution is 2.32. The minimum Gasteiger partial charge on any atom is -0.381 e. The molecule has 0 bridgehead atoms. The van der Waals surface area contributed by atoms with Gasteiger partial charge in [-0.3, -0.25) is 0 Å². The minimum absolute atomic E-state index is 0.856. The molecule has 1 aliphatic carbocycles. The van der Waals surface area contributed by atoms with Crippen molar-refractivity contribution in [2.75, 3.05) is 0 Å². The number of hydrogen-bond donors (Lipinski definition) is 1. The fourth-order valence-electron chi connectivity index (χ4n) is 1.83. The van der Waals surface area contributed by atoms with Crippen LogP contribution in [0.3, 0.4) is 0 Å². The lowest BCUT2D eigenvalue weighted by Gasteiger charge is -2.21. The molecule has 1 unspecified atom stereocenters. The van der Waals surface area contributed by atoms with Gasteiger partial charge in [0.2, 0.25) is 0 Å². The fraction of sp³-hybridized carbons (Fsp3) is 0.231. The van der Waals surface area contributed by atoms with Gasteiger partial charge in [-0.05, 0) is 36.6 Å². The normalized spacial score (nSPS) is 25.2. The molecule has 0 amide bonds. The highest BCUT2D eigenvalue weighted by atomic mass is 16.3. The molecule has 1 N–H and O–H groups in total. The zero-order valence-corrected chi connectivity index (χ0v) is 8.49. The lowest BCUT2D eigenvalue weighted by molar-refractivity contribution is 0.111. The Morgan fingerprint density at radius 3 is 2.71 bits per heavy atom. The van der Waals surface area contributed by atoms with Crippen molar-refractivity contribution in [2.24, 2.45) is 0 Å². The first-order chi connectivity index (χ1) is 6.61. The predicted molar refractivity (Wildman–Crippen MR) is 58.8 cm³/mol. The van der Waals surface area contributed by atoms with Crippen LogP contribution >= 0.6 is 0 Å². The average Bonchev–Trinajstić information content (AvgIpc) is 2.27. The first kappa shape index (κ1) is 9.22. The summed E-state index contributed by atoms with van der Waals surface area (Å²) in [5.74, 6) is 0. The van der Waals surface area contributed by atoms with Crippen molar-refractivity contribution in [1.82, 2.24) is 0 Å². The van der Waals surface area contributed by atoms with Crippen LogP contribution in [0.5, 0.6) is 0 Å². The Morgan fingerprint density at radius 2 is 1.93 bits per heavy atom. The van der Waals surface area contributed by atoms with Gasteiger partial charge < -0.3 is 5.11 Å². The van der Waals surface area contributed by atoms with E-state index in [1.807, 2.05) is 49.4 Å². The maximum atomic E-state index is 10.2. The van der Waals surface area contributed by atoms with Gasteiger partial charge in [0.05, 0.1) is 0 Å². The summed E-state index contributed by atoms with van der Waals surface area (Å²) in [6, 6.07) is 7.97. The van der Waals surface area contributed by atoms with Crippen molar-refractivity contribution in [3.05, 3.63) is 53.6 Å². The van der Waals surface area contributed by atoms with E-state index in [1.165, 1.54) is 5.57 Å². The molecule has 0 spiro atoms. The van der Waals surface area contributed by atoms with Crippen LogP contribution < -0.4 is 0 Å². The highest BCUT2D eigenvalue weighted by Gasteiger charge is 2.23. The van der Waals surface area contributed by atoms with E-state index < -0.39 is 5.60 Å². The third-order valence-corrected chi connectivity index (χ3v) is 2.66. The molecule has 0 heterocycles. The Kier molecular flexibility index (Phi) is 2.05. The number of benzene rings is 1. The van der Waals surface area contributed by atoms with Gasteiger partial charge in [-0.25, -0.2) is 0 Å². The molecule has 14 heavy (non-hydrogen) atoms. The molecule has 0 saturated carbocycles. The monoisotopic (exact) mass is 186 g/mol. The summed E-state index contributed by atoms with van der Waals surface area (Å²) in [7, 11) is 0. The van der Waals surface area contributed by atoms with E-state index in [4.69, 9.17) is 0 Å². The van der Waals surface area contributed by atoms with Crippen LogP contribution in [0.1, 0.15) is 25.0 Å². The molecular formula is C13H14O. The second kappa shape index (κ2) is 3.10. The van der Waals surface area contributed by atoms with Crippen LogP contribution in [0.4, 0.5) is 0 Å². The molecular weight excluding hydrogens is 172 g/mol. The molecule has 2 rings (SSSR count). The molecule has 0 radical (unpaired) electrons. The Balaban J connectivity index is 2.69. The molecule has 1 aliphatic rings. The summed E-state index contributed by atoms with van der Waals surface area (Å²) in [4.78, 5) is 0. The SMILES string of the molecule is CC1=CC=CC(C)(O)c2ccccc21. The first-order valence-corrected chi connectivity index (χ1v) is 4.79. The molecule has 0 saturated heterocycles. The Labute approximate surface area is 84.4 Å². The summed E-state index contributed by atoms with van der Waals surface area (Å²) in [5.41, 5.74) is 2.44. The predicted octanol–water partition coefficient (Wildman–Crippen LogP) is 2.87. The van der Waals surface area contributed by atoms with Crippen molar-refractivity contribution in [3.63, 3.8) is 0 Å². The van der Waals surface area contributed by atoms with Crippen LogP contribution in [0.2, 0.25) is 0 Å². The third kappa shape index (κ3) is 1.40. The van der Waals surface area contributed by atoms with Crippen molar-refractivity contribution in [3.8, 4) is 0 Å². The summed E-state index contributed by atoms with van der Waals surface area (Å²) in [5, 5.41) is 10.2. The van der Waals surface area contributed by atoms with Gasteiger partial charge in [-0.15, -0.1) is 0 Å². The third-order valence-electron chi connectivity index (χ3n) is 2.66. The van der Waals surface area contributed by atoms with Crippen LogP contribution in [-0.2, 0) is 5.60 Å². The van der Waals surface area contributed by atoms with Gasteiger partial charge in [0.25, 0.3) is 0 Å². The molecule has 72 valence electrons. The lowest BCUT2D eigenvalue weighted by Crippen LogP contribution is -2.18. The van der Waals surface area contributed by atoms with E-state index >= 15 is 0 Å². The quantitative estimate of drug-likeness (QED) is 0.660. The van der Waals surface area contributed by atoms with Crippen molar-refractivity contribution in [1.29, 1.82) is 0 Å². The van der Waals surface area contributed by atoms with Gasteiger partial charge in [0.1, 0.15) is 5.60 Å². The van der Waals surface area contributed by atoms with Crippen LogP contribution in [0, 0.1) is 0 Å². The van der Waals surface area contributed by atoms with Gasteiger partial charge >= 0.3 is 0 Å². The van der Waals surface area contributed by atoms with E-state index in [0.717, 1.165) is 11.1 Å². The number of hydrogen-bond acceptors (Lipinski definition) is 1. The number of allylic oxidation sites excluding steroid dienone is 3. The van der Waals surface area contributed by atoms with Gasteiger partial charge in [0, 0.05) is 0 Å². The summed E-state index contributed by atoms with van der Waals surface area (Å²) < 4.78 is 0. The summed E-state index contributed by atoms with van der Waals surface area (Å²) in [6.07, 6.45) is 5.76. The maximum absolute atomic E-state index is 10.2. The number of fused-ring (bicyclic) bond motifs is 1. The average molecular weight is 186 g/mol. The molecule has 1 aromatic carbocycles. The van der Waals surface area contributed by atoms with Gasteiger partial charge in [0.15, 0.2) is 0 Å². The molecule has 1 atom stereocenters. The Hall–Kier alpha value is -1.34. The second-order valence-electron chi connectivity index (χ2n) is 3.90. The minimum atomic E-state index is -0.856. The number of rotatable bonds is 0. The van der Waals surface area contributed by atoms with E-state index in [0.29, 0.717) is 0 Å². The topological polar surface area (TPSA) is 20.2 Å². The molecule has 1 heteroatoms. The fourth-order valence-corrected chi connectivity index (χ4v) is 1.83. The first-order valence-electron chi connectivity index (χ1n) is 4.79. The zero-order valence-electron chi connectivity index (χ0n) is 8.49. The van der Waals surface area contributed by atoms with E-state index in [2.05, 4.69) is 6.92 Å². The Morgan fingerprint density at radius 1 is 1.21 bits per heavy atom. The zero-order chi connectivity index (χ0) is 10.2. The molecule has 1 nitrogen and oxygen atoms in total. The largest absolute Gasteiger partial charge is 0.381 e. The molecule has 0 aromatic heterocycles. The van der Waals surface area contributed by atoms with Gasteiger partial charge in [-0.1, -0.05) is 36.4 Å². The highest BCUT2D eigenvalue weighted by molar-refractivity contribution is 5.70. The van der Waals surface area contributed by atoms with Crippen LogP contribution in [-0.4, -0.2) is 5.11 Å². The van der Waals surface area contributed by atoms with E-state index in [1.54, 1.807) is 0 Å². The standard InChI is InChI=1S/C13H14O/c1-10-6-5-9-13(2,14)12-8-4-3-7-11(10)12/h3-9,14H,1-2H3. The number of aliphatic hydroxyl groups is 1. The maximum Gasteiger partial charge on any atom is 0.106 e. The molecule has 1 aromatic rings. The Bertz CT molecular complexity index is 411. The summed E-state index contributed by atoms with van der Waals surface area (Å²) in [6.45, 7) is 3.87. The van der Waals surface area contributed by atoms with Crippen LogP contribution in [0.25, 0.3) is 5.57 Å². The lowest BCUT2D eigenvalue weighted by atomic mass is 9.90. The second-order valence-corrected chi connectivity index (χ2v) is 3.90. The smallest absolute Gasteiger partial charge is 0.106 e. The van der Waals surface area contributed by atoms with Crippen molar-refractivity contribution >= 4 is 5.57 Å². The molecule has 0 aliphatic heterocycles. The van der Waals surface area contributed by atoms with Crippen molar-refractivity contribution in [2.45, 2.75) is 19.4 Å². The summed E-state index contributed by atoms with van der Waals surface area (Å²) >= 11 is 0.